The molecule has 3 rings (SSSR count). The van der Waals surface area contributed by atoms with Crippen molar-refractivity contribution in [2.24, 2.45) is 0 Å². The summed E-state index contributed by atoms with van der Waals surface area (Å²) in [5, 5.41) is -0.177. The molecule has 0 saturated carbocycles. The van der Waals surface area contributed by atoms with Crippen molar-refractivity contribution < 1.29 is 14.3 Å². The van der Waals surface area contributed by atoms with Crippen molar-refractivity contribution in [1.29, 1.82) is 0 Å². The molecule has 136 valence electrons. The van der Waals surface area contributed by atoms with Gasteiger partial charge in [-0.1, -0.05) is 72.8 Å². The fraction of sp³-hybridized carbons (Fsp3) is 0.130. The molecule has 0 saturated heterocycles. The van der Waals surface area contributed by atoms with Crippen LogP contribution in [0.4, 0.5) is 0 Å². The van der Waals surface area contributed by atoms with Crippen LogP contribution in [0, 0.1) is 0 Å². The highest BCUT2D eigenvalue weighted by atomic mass is 32.2. The lowest BCUT2D eigenvalue weighted by atomic mass is 10.0. The predicted octanol–water partition coefficient (Wildman–Crippen LogP) is 5.15. The minimum atomic E-state index is -0.810. The normalized spacial score (nSPS) is 11.6. The zero-order valence-electron chi connectivity index (χ0n) is 15.0. The van der Waals surface area contributed by atoms with Gasteiger partial charge in [0.2, 0.25) is 5.12 Å². The number of carbonyl (C=O) groups excluding carboxylic acids is 2. The van der Waals surface area contributed by atoms with Gasteiger partial charge in [-0.15, -0.1) is 0 Å². The first-order valence-corrected chi connectivity index (χ1v) is 9.52. The SMILES string of the molecule is CC(=O)OC(Cc1ccc(-c2ccccc2)cc1)C(=O)Sc1ccccc1. The molecule has 0 bridgehead atoms. The highest BCUT2D eigenvalue weighted by molar-refractivity contribution is 8.13. The van der Waals surface area contributed by atoms with Crippen LogP contribution in [0.25, 0.3) is 11.1 Å². The van der Waals surface area contributed by atoms with Crippen LogP contribution < -0.4 is 0 Å². The van der Waals surface area contributed by atoms with Crippen molar-refractivity contribution in [2.75, 3.05) is 0 Å². The molecule has 0 spiro atoms. The molecule has 3 nitrogen and oxygen atoms in total. The molecule has 0 amide bonds. The average Bonchev–Trinajstić information content (AvgIpc) is 2.69. The minimum Gasteiger partial charge on any atom is -0.453 e. The summed E-state index contributed by atoms with van der Waals surface area (Å²) < 4.78 is 5.29. The smallest absolute Gasteiger partial charge is 0.303 e. The standard InChI is InChI=1S/C23H20O3S/c1-17(24)26-22(23(25)27-21-10-6-3-7-11-21)16-18-12-14-20(15-13-18)19-8-4-2-5-9-19/h2-15,22H,16H2,1H3. The van der Waals surface area contributed by atoms with Gasteiger partial charge in [0.25, 0.3) is 0 Å². The molecule has 3 aromatic rings. The van der Waals surface area contributed by atoms with Gasteiger partial charge in [0, 0.05) is 18.2 Å². The van der Waals surface area contributed by atoms with Crippen LogP contribution in [-0.4, -0.2) is 17.2 Å². The van der Waals surface area contributed by atoms with E-state index in [1.165, 1.54) is 6.92 Å². The molecule has 1 atom stereocenters. The third kappa shape index (κ3) is 5.56. The predicted molar refractivity (Wildman–Crippen MR) is 108 cm³/mol. The van der Waals surface area contributed by atoms with E-state index >= 15 is 0 Å². The van der Waals surface area contributed by atoms with Crippen molar-refractivity contribution in [1.82, 2.24) is 0 Å². The number of esters is 1. The van der Waals surface area contributed by atoms with Crippen molar-refractivity contribution in [3.05, 3.63) is 90.5 Å². The van der Waals surface area contributed by atoms with E-state index < -0.39 is 12.1 Å². The first-order chi connectivity index (χ1) is 13.1. The van der Waals surface area contributed by atoms with Crippen molar-refractivity contribution >= 4 is 22.8 Å². The van der Waals surface area contributed by atoms with Gasteiger partial charge in [-0.05, 0) is 40.6 Å². The molecular weight excluding hydrogens is 356 g/mol. The van der Waals surface area contributed by atoms with Gasteiger partial charge in [0.15, 0.2) is 6.10 Å². The van der Waals surface area contributed by atoms with Gasteiger partial charge < -0.3 is 4.74 Å². The Morgan fingerprint density at radius 3 is 1.96 bits per heavy atom. The Bertz CT molecular complexity index is 890. The van der Waals surface area contributed by atoms with Gasteiger partial charge in [0.05, 0.1) is 0 Å². The van der Waals surface area contributed by atoms with E-state index in [2.05, 4.69) is 12.1 Å². The van der Waals surface area contributed by atoms with E-state index in [0.29, 0.717) is 6.42 Å². The second-order valence-electron chi connectivity index (χ2n) is 6.10. The molecule has 0 heterocycles. The largest absolute Gasteiger partial charge is 0.453 e. The molecule has 0 aliphatic rings. The summed E-state index contributed by atoms with van der Waals surface area (Å²) >= 11 is 1.10. The lowest BCUT2D eigenvalue weighted by Crippen LogP contribution is -2.26. The lowest BCUT2D eigenvalue weighted by molar-refractivity contribution is -0.150. The Hall–Kier alpha value is -2.85. The van der Waals surface area contributed by atoms with E-state index in [1.807, 2.05) is 72.8 Å². The average molecular weight is 376 g/mol. The van der Waals surface area contributed by atoms with Crippen LogP contribution >= 0.6 is 11.8 Å². The molecule has 27 heavy (non-hydrogen) atoms. The Morgan fingerprint density at radius 1 is 0.815 bits per heavy atom. The summed E-state index contributed by atoms with van der Waals surface area (Å²) in [5.41, 5.74) is 3.19. The molecule has 4 heteroatoms. The number of benzene rings is 3. The number of thioether (sulfide) groups is 1. The van der Waals surface area contributed by atoms with Gasteiger partial charge in [0.1, 0.15) is 0 Å². The summed E-state index contributed by atoms with van der Waals surface area (Å²) in [4.78, 5) is 24.9. The van der Waals surface area contributed by atoms with Crippen LogP contribution in [0.1, 0.15) is 12.5 Å². The number of hydrogen-bond donors (Lipinski definition) is 0. The number of rotatable bonds is 6. The lowest BCUT2D eigenvalue weighted by Gasteiger charge is -2.16. The van der Waals surface area contributed by atoms with Crippen molar-refractivity contribution in [2.45, 2.75) is 24.3 Å². The molecule has 0 aromatic heterocycles. The zero-order valence-corrected chi connectivity index (χ0v) is 15.8. The Kier molecular flexibility index (Phi) is 6.44. The van der Waals surface area contributed by atoms with Crippen LogP contribution in [-0.2, 0) is 20.7 Å². The van der Waals surface area contributed by atoms with Crippen LogP contribution in [0.3, 0.4) is 0 Å². The van der Waals surface area contributed by atoms with E-state index in [9.17, 15) is 9.59 Å². The molecule has 0 fully saturated rings. The molecule has 0 N–H and O–H groups in total. The first-order valence-electron chi connectivity index (χ1n) is 8.70. The third-order valence-electron chi connectivity index (χ3n) is 4.01. The Morgan fingerprint density at radius 2 is 1.37 bits per heavy atom. The fourth-order valence-corrected chi connectivity index (χ4v) is 3.51. The Balaban J connectivity index is 1.72. The topological polar surface area (TPSA) is 43.4 Å². The molecule has 0 aliphatic heterocycles. The van der Waals surface area contributed by atoms with Gasteiger partial charge in [-0.3, -0.25) is 9.59 Å². The van der Waals surface area contributed by atoms with E-state index in [-0.39, 0.29) is 5.12 Å². The van der Waals surface area contributed by atoms with Crippen LogP contribution in [0.5, 0.6) is 0 Å². The monoisotopic (exact) mass is 376 g/mol. The zero-order chi connectivity index (χ0) is 19.1. The van der Waals surface area contributed by atoms with Crippen LogP contribution in [0.2, 0.25) is 0 Å². The Labute approximate surface area is 163 Å². The maximum atomic E-state index is 12.6. The van der Waals surface area contributed by atoms with Gasteiger partial charge >= 0.3 is 5.97 Å². The summed E-state index contributed by atoms with van der Waals surface area (Å²) in [6.07, 6.45) is -0.455. The van der Waals surface area contributed by atoms with E-state index in [0.717, 1.165) is 33.3 Å². The van der Waals surface area contributed by atoms with Gasteiger partial charge in [-0.2, -0.15) is 0 Å². The van der Waals surface area contributed by atoms with Crippen LogP contribution in [0.15, 0.2) is 89.8 Å². The molecule has 0 radical (unpaired) electrons. The number of hydrogen-bond acceptors (Lipinski definition) is 4. The van der Waals surface area contributed by atoms with Crippen molar-refractivity contribution in [3.8, 4) is 11.1 Å². The molecular formula is C23H20O3S. The second kappa shape index (κ2) is 9.19. The molecule has 3 aromatic carbocycles. The highest BCUT2D eigenvalue weighted by Gasteiger charge is 2.23. The quantitative estimate of drug-likeness (QED) is 0.441. The van der Waals surface area contributed by atoms with E-state index in [4.69, 9.17) is 4.74 Å². The summed E-state index contributed by atoms with van der Waals surface area (Å²) in [7, 11) is 0. The number of ether oxygens (including phenoxy) is 1. The number of carbonyl (C=O) groups is 2. The molecule has 1 unspecified atom stereocenters. The van der Waals surface area contributed by atoms with Gasteiger partial charge in [-0.25, -0.2) is 0 Å². The highest BCUT2D eigenvalue weighted by Crippen LogP contribution is 2.24. The first kappa shape index (κ1) is 18.9. The second-order valence-corrected chi connectivity index (χ2v) is 7.18. The van der Waals surface area contributed by atoms with Crippen molar-refractivity contribution in [3.63, 3.8) is 0 Å². The summed E-state index contributed by atoms with van der Waals surface area (Å²) in [5.74, 6) is -0.456. The maximum Gasteiger partial charge on any atom is 0.303 e. The maximum absolute atomic E-state index is 12.6. The summed E-state index contributed by atoms with van der Waals surface area (Å²) in [6, 6.07) is 27.4. The third-order valence-corrected chi connectivity index (χ3v) is 4.99. The summed E-state index contributed by atoms with van der Waals surface area (Å²) in [6.45, 7) is 1.33. The fourth-order valence-electron chi connectivity index (χ4n) is 2.72. The molecule has 0 aliphatic carbocycles. The minimum absolute atomic E-state index is 0.177. The van der Waals surface area contributed by atoms with E-state index in [1.54, 1.807) is 0 Å².